The molecule has 0 spiro atoms. The van der Waals surface area contributed by atoms with Crippen LogP contribution in [0.4, 0.5) is 0 Å². The molecule has 0 unspecified atom stereocenters. The van der Waals surface area contributed by atoms with Gasteiger partial charge in [0.1, 0.15) is 0 Å². The molecule has 100 valence electrons. The predicted octanol–water partition coefficient (Wildman–Crippen LogP) is 5.90. The molecule has 0 amide bonds. The Morgan fingerprint density at radius 3 is 1.84 bits per heavy atom. The van der Waals surface area contributed by atoms with E-state index in [1.807, 2.05) is 0 Å². The van der Waals surface area contributed by atoms with Crippen molar-refractivity contribution >= 4 is 67.8 Å². The molecule has 0 radical (unpaired) electrons. The van der Waals surface area contributed by atoms with Crippen LogP contribution in [0.2, 0.25) is 0 Å². The minimum absolute atomic E-state index is 1.12. The van der Waals surface area contributed by atoms with E-state index in [0.29, 0.717) is 0 Å². The Morgan fingerprint density at radius 2 is 1.26 bits per heavy atom. The SMILES string of the molecule is Cc1ccc(CCc2cc(I)c(C)c(I)c2)cc1I. The van der Waals surface area contributed by atoms with Crippen LogP contribution in [0.15, 0.2) is 30.3 Å². The van der Waals surface area contributed by atoms with E-state index in [1.165, 1.54) is 33.0 Å². The third-order valence-electron chi connectivity index (χ3n) is 3.28. The highest BCUT2D eigenvalue weighted by Crippen LogP contribution is 2.22. The van der Waals surface area contributed by atoms with Crippen LogP contribution in [0.5, 0.6) is 0 Å². The highest BCUT2D eigenvalue weighted by Gasteiger charge is 2.04. The smallest absolute Gasteiger partial charge is 0.0172 e. The topological polar surface area (TPSA) is 0 Å². The zero-order valence-corrected chi connectivity index (χ0v) is 17.4. The molecule has 0 heterocycles. The fraction of sp³-hybridized carbons (Fsp3) is 0.250. The van der Waals surface area contributed by atoms with Gasteiger partial charge in [0.2, 0.25) is 0 Å². The molecule has 0 aromatic heterocycles. The van der Waals surface area contributed by atoms with Crippen LogP contribution in [0.3, 0.4) is 0 Å². The maximum atomic E-state index is 2.43. The maximum absolute atomic E-state index is 2.43. The highest BCUT2D eigenvalue weighted by atomic mass is 127. The molecular formula is C16H15I3. The number of benzene rings is 2. The number of hydrogen-bond donors (Lipinski definition) is 0. The van der Waals surface area contributed by atoms with Crippen molar-refractivity contribution in [3.8, 4) is 0 Å². The van der Waals surface area contributed by atoms with Crippen molar-refractivity contribution in [2.24, 2.45) is 0 Å². The first-order chi connectivity index (χ1) is 8.97. The third-order valence-corrected chi connectivity index (χ3v) is 6.68. The lowest BCUT2D eigenvalue weighted by Crippen LogP contribution is -1.96. The molecule has 0 aliphatic carbocycles. The molecule has 2 aromatic rings. The van der Waals surface area contributed by atoms with Crippen molar-refractivity contribution in [1.82, 2.24) is 0 Å². The molecule has 0 aliphatic rings. The normalized spacial score (nSPS) is 10.8. The molecule has 3 heteroatoms. The van der Waals surface area contributed by atoms with E-state index >= 15 is 0 Å². The Labute approximate surface area is 156 Å². The standard InChI is InChI=1S/C16H15I3/c1-10-3-4-12(7-14(10)17)5-6-13-8-15(18)11(2)16(19)9-13/h3-4,7-9H,5-6H2,1-2H3. The minimum atomic E-state index is 1.12. The first-order valence-electron chi connectivity index (χ1n) is 6.17. The Hall–Kier alpha value is 0.630. The van der Waals surface area contributed by atoms with Gasteiger partial charge in [0.15, 0.2) is 0 Å². The van der Waals surface area contributed by atoms with Gasteiger partial charge in [-0.05, 0) is 135 Å². The third kappa shape index (κ3) is 4.30. The molecule has 0 nitrogen and oxygen atoms in total. The number of hydrogen-bond acceptors (Lipinski definition) is 0. The van der Waals surface area contributed by atoms with Crippen molar-refractivity contribution in [3.63, 3.8) is 0 Å². The van der Waals surface area contributed by atoms with Crippen LogP contribution in [-0.4, -0.2) is 0 Å². The zero-order chi connectivity index (χ0) is 14.0. The van der Waals surface area contributed by atoms with Crippen LogP contribution in [0.25, 0.3) is 0 Å². The molecule has 0 aliphatic heterocycles. The van der Waals surface area contributed by atoms with Crippen LogP contribution in [-0.2, 0) is 12.8 Å². The van der Waals surface area contributed by atoms with Gasteiger partial charge in [0.25, 0.3) is 0 Å². The Morgan fingerprint density at radius 1 is 0.737 bits per heavy atom. The molecule has 0 N–H and O–H groups in total. The second-order valence-electron chi connectivity index (χ2n) is 4.77. The van der Waals surface area contributed by atoms with Gasteiger partial charge in [-0.3, -0.25) is 0 Å². The lowest BCUT2D eigenvalue weighted by atomic mass is 10.0. The Kier molecular flexibility index (Phi) is 5.95. The minimum Gasteiger partial charge on any atom is -0.0587 e. The monoisotopic (exact) mass is 588 g/mol. The summed E-state index contributed by atoms with van der Waals surface area (Å²) < 4.78 is 4.11. The molecule has 19 heavy (non-hydrogen) atoms. The van der Waals surface area contributed by atoms with Gasteiger partial charge < -0.3 is 0 Å². The summed E-state index contributed by atoms with van der Waals surface area (Å²) in [5, 5.41) is 0. The van der Waals surface area contributed by atoms with Crippen LogP contribution >= 0.6 is 67.8 Å². The Bertz CT molecular complexity index is 580. The van der Waals surface area contributed by atoms with Crippen molar-refractivity contribution in [1.29, 1.82) is 0 Å². The van der Waals surface area contributed by atoms with Gasteiger partial charge in [0, 0.05) is 10.7 Å². The summed E-state index contributed by atoms with van der Waals surface area (Å²) in [5.74, 6) is 0. The first kappa shape index (κ1) is 16.0. The van der Waals surface area contributed by atoms with E-state index in [-0.39, 0.29) is 0 Å². The highest BCUT2D eigenvalue weighted by molar-refractivity contribution is 14.1. The maximum Gasteiger partial charge on any atom is 0.0172 e. The van der Waals surface area contributed by atoms with E-state index in [0.717, 1.165) is 12.8 Å². The second-order valence-corrected chi connectivity index (χ2v) is 8.25. The summed E-state index contributed by atoms with van der Waals surface area (Å²) in [5.41, 5.74) is 5.63. The largest absolute Gasteiger partial charge is 0.0587 e. The summed E-state index contributed by atoms with van der Waals surface area (Å²) in [6.07, 6.45) is 2.23. The van der Waals surface area contributed by atoms with Gasteiger partial charge in [-0.15, -0.1) is 0 Å². The van der Waals surface area contributed by atoms with E-state index in [2.05, 4.69) is 112 Å². The van der Waals surface area contributed by atoms with Crippen molar-refractivity contribution in [2.45, 2.75) is 26.7 Å². The number of halogens is 3. The molecule has 2 rings (SSSR count). The van der Waals surface area contributed by atoms with Gasteiger partial charge in [-0.25, -0.2) is 0 Å². The zero-order valence-electron chi connectivity index (χ0n) is 10.9. The van der Waals surface area contributed by atoms with Gasteiger partial charge in [-0.1, -0.05) is 12.1 Å². The molecule has 0 bridgehead atoms. The summed E-state index contributed by atoms with van der Waals surface area (Å²) >= 11 is 7.28. The molecular weight excluding hydrogens is 573 g/mol. The first-order valence-corrected chi connectivity index (χ1v) is 9.40. The summed E-state index contributed by atoms with van der Waals surface area (Å²) in [4.78, 5) is 0. The summed E-state index contributed by atoms with van der Waals surface area (Å²) in [6, 6.07) is 11.4. The molecule has 0 saturated carbocycles. The van der Waals surface area contributed by atoms with Gasteiger partial charge >= 0.3 is 0 Å². The summed E-state index contributed by atoms with van der Waals surface area (Å²) in [6.45, 7) is 4.35. The van der Waals surface area contributed by atoms with Crippen molar-refractivity contribution in [2.75, 3.05) is 0 Å². The number of aryl methyl sites for hydroxylation is 3. The quantitative estimate of drug-likeness (QED) is 0.392. The van der Waals surface area contributed by atoms with Crippen LogP contribution in [0.1, 0.15) is 22.3 Å². The fourth-order valence-electron chi connectivity index (χ4n) is 1.92. The van der Waals surface area contributed by atoms with Gasteiger partial charge in [0.05, 0.1) is 0 Å². The molecule has 0 atom stereocenters. The molecule has 2 aromatic carbocycles. The van der Waals surface area contributed by atoms with E-state index in [4.69, 9.17) is 0 Å². The average Bonchev–Trinajstić information content (AvgIpc) is 2.37. The predicted molar refractivity (Wildman–Crippen MR) is 108 cm³/mol. The lowest BCUT2D eigenvalue weighted by Gasteiger charge is -2.08. The van der Waals surface area contributed by atoms with E-state index in [1.54, 1.807) is 0 Å². The molecule has 0 fully saturated rings. The Balaban J connectivity index is 2.12. The van der Waals surface area contributed by atoms with Crippen LogP contribution < -0.4 is 0 Å². The van der Waals surface area contributed by atoms with E-state index < -0.39 is 0 Å². The second kappa shape index (κ2) is 7.06. The lowest BCUT2D eigenvalue weighted by molar-refractivity contribution is 0.953. The number of rotatable bonds is 3. The average molecular weight is 588 g/mol. The van der Waals surface area contributed by atoms with Crippen molar-refractivity contribution < 1.29 is 0 Å². The van der Waals surface area contributed by atoms with Crippen LogP contribution in [0, 0.1) is 24.6 Å². The molecule has 0 saturated heterocycles. The summed E-state index contributed by atoms with van der Waals surface area (Å²) in [7, 11) is 0. The van der Waals surface area contributed by atoms with Gasteiger partial charge in [-0.2, -0.15) is 0 Å². The van der Waals surface area contributed by atoms with E-state index in [9.17, 15) is 0 Å². The van der Waals surface area contributed by atoms with Crippen molar-refractivity contribution in [3.05, 3.63) is 63.3 Å². The fourth-order valence-corrected chi connectivity index (χ4v) is 4.40.